The van der Waals surface area contributed by atoms with E-state index in [1.807, 2.05) is 44.2 Å². The second kappa shape index (κ2) is 8.57. The molecule has 0 bridgehead atoms. The summed E-state index contributed by atoms with van der Waals surface area (Å²) in [6.07, 6.45) is 0. The van der Waals surface area contributed by atoms with Gasteiger partial charge in [0.2, 0.25) is 11.8 Å². The van der Waals surface area contributed by atoms with Gasteiger partial charge >= 0.3 is 0 Å². The Hall–Kier alpha value is -2.34. The largest absolute Gasteiger partial charge is 0.354 e. The van der Waals surface area contributed by atoms with E-state index in [1.54, 1.807) is 17.0 Å². The van der Waals surface area contributed by atoms with Crippen molar-refractivity contribution in [3.63, 3.8) is 0 Å². The minimum atomic E-state index is -0.720. The summed E-state index contributed by atoms with van der Waals surface area (Å²) in [4.78, 5) is 27.4. The van der Waals surface area contributed by atoms with Crippen LogP contribution in [0.25, 0.3) is 0 Å². The van der Waals surface area contributed by atoms with Gasteiger partial charge in [-0.15, -0.1) is 11.8 Å². The van der Waals surface area contributed by atoms with Gasteiger partial charge in [-0.1, -0.05) is 56.3 Å². The molecule has 1 fully saturated rings. The Morgan fingerprint density at radius 3 is 2.48 bits per heavy atom. The summed E-state index contributed by atoms with van der Waals surface area (Å²) in [6, 6.07) is 14.7. The van der Waals surface area contributed by atoms with Crippen molar-refractivity contribution >= 4 is 23.6 Å². The maximum atomic E-state index is 13.3. The normalized spacial score (nSPS) is 18.0. The SMILES string of the molecule is CC(C)CNC(=O)[C@H](c1ccccc1)N1C(=O)CS[C@@H]1c1ccc(F)cc1. The standard InChI is InChI=1S/C21H23FN2O2S/c1-14(2)12-23-20(26)19(15-6-4-3-5-7-15)24-18(25)13-27-21(24)16-8-10-17(22)11-9-16/h3-11,14,19,21H,12-13H2,1-2H3,(H,23,26)/t19-,21+/m0/s1. The predicted octanol–water partition coefficient (Wildman–Crippen LogP) is 3.91. The number of carbonyl (C=O) groups excluding carboxylic acids is 2. The molecule has 0 radical (unpaired) electrons. The number of carbonyl (C=O) groups is 2. The van der Waals surface area contributed by atoms with E-state index in [9.17, 15) is 14.0 Å². The minimum Gasteiger partial charge on any atom is -0.354 e. The number of amides is 2. The highest BCUT2D eigenvalue weighted by atomic mass is 32.2. The molecule has 0 unspecified atom stereocenters. The fourth-order valence-electron chi connectivity index (χ4n) is 3.07. The first-order valence-electron chi connectivity index (χ1n) is 8.98. The van der Waals surface area contributed by atoms with Crippen molar-refractivity contribution in [3.05, 3.63) is 71.5 Å². The lowest BCUT2D eigenvalue weighted by Gasteiger charge is -2.32. The Morgan fingerprint density at radius 1 is 1.19 bits per heavy atom. The fraction of sp³-hybridized carbons (Fsp3) is 0.333. The summed E-state index contributed by atoms with van der Waals surface area (Å²) < 4.78 is 13.3. The maximum absolute atomic E-state index is 13.3. The second-order valence-corrected chi connectivity index (χ2v) is 8.04. The van der Waals surface area contributed by atoms with Crippen LogP contribution in [0.3, 0.4) is 0 Å². The molecule has 0 saturated carbocycles. The molecule has 1 aliphatic heterocycles. The van der Waals surface area contributed by atoms with Crippen LogP contribution in [0.15, 0.2) is 54.6 Å². The molecule has 2 aromatic carbocycles. The van der Waals surface area contributed by atoms with Crippen molar-refractivity contribution in [2.24, 2.45) is 5.92 Å². The van der Waals surface area contributed by atoms with Crippen LogP contribution in [0.5, 0.6) is 0 Å². The molecule has 0 aromatic heterocycles. The van der Waals surface area contributed by atoms with E-state index in [0.29, 0.717) is 18.2 Å². The molecule has 2 amide bonds. The smallest absolute Gasteiger partial charge is 0.247 e. The van der Waals surface area contributed by atoms with E-state index in [0.717, 1.165) is 11.1 Å². The van der Waals surface area contributed by atoms with Crippen molar-refractivity contribution in [1.29, 1.82) is 0 Å². The van der Waals surface area contributed by atoms with Crippen LogP contribution < -0.4 is 5.32 Å². The van der Waals surface area contributed by atoms with E-state index in [4.69, 9.17) is 0 Å². The topological polar surface area (TPSA) is 49.4 Å². The number of benzene rings is 2. The van der Waals surface area contributed by atoms with Crippen molar-refractivity contribution in [2.45, 2.75) is 25.3 Å². The van der Waals surface area contributed by atoms with E-state index in [-0.39, 0.29) is 23.0 Å². The quantitative estimate of drug-likeness (QED) is 0.819. The van der Waals surface area contributed by atoms with Gasteiger partial charge in [-0.2, -0.15) is 0 Å². The van der Waals surface area contributed by atoms with Crippen LogP contribution in [0.2, 0.25) is 0 Å². The number of hydrogen-bond acceptors (Lipinski definition) is 3. The van der Waals surface area contributed by atoms with Crippen molar-refractivity contribution in [2.75, 3.05) is 12.3 Å². The van der Waals surface area contributed by atoms with Gasteiger partial charge in [0.25, 0.3) is 0 Å². The number of nitrogens with zero attached hydrogens (tertiary/aromatic N) is 1. The molecule has 1 N–H and O–H groups in total. The zero-order chi connectivity index (χ0) is 19.4. The monoisotopic (exact) mass is 386 g/mol. The van der Waals surface area contributed by atoms with Crippen LogP contribution in [0, 0.1) is 11.7 Å². The Bertz CT molecular complexity index is 796. The Labute approximate surface area is 163 Å². The van der Waals surface area contributed by atoms with Gasteiger partial charge in [0.1, 0.15) is 17.2 Å². The van der Waals surface area contributed by atoms with Gasteiger partial charge in [-0.05, 0) is 29.2 Å². The fourth-order valence-corrected chi connectivity index (χ4v) is 4.27. The van der Waals surface area contributed by atoms with E-state index in [2.05, 4.69) is 5.32 Å². The number of rotatable bonds is 6. The highest BCUT2D eigenvalue weighted by molar-refractivity contribution is 8.00. The average Bonchev–Trinajstić information content (AvgIpc) is 3.03. The van der Waals surface area contributed by atoms with Gasteiger partial charge < -0.3 is 10.2 Å². The van der Waals surface area contributed by atoms with Crippen molar-refractivity contribution < 1.29 is 14.0 Å². The lowest BCUT2D eigenvalue weighted by molar-refractivity contribution is -0.139. The third kappa shape index (κ3) is 4.50. The molecule has 1 saturated heterocycles. The first kappa shape index (κ1) is 19.4. The molecule has 27 heavy (non-hydrogen) atoms. The minimum absolute atomic E-state index is 0.0946. The summed E-state index contributed by atoms with van der Waals surface area (Å²) in [5.74, 6) is -0.0143. The molecular weight excluding hydrogens is 363 g/mol. The molecule has 2 aromatic rings. The first-order chi connectivity index (χ1) is 13.0. The average molecular weight is 386 g/mol. The maximum Gasteiger partial charge on any atom is 0.247 e. The lowest BCUT2D eigenvalue weighted by atomic mass is 10.0. The van der Waals surface area contributed by atoms with Gasteiger partial charge in [-0.3, -0.25) is 9.59 Å². The van der Waals surface area contributed by atoms with Crippen molar-refractivity contribution in [1.82, 2.24) is 10.2 Å². The predicted molar refractivity (Wildman–Crippen MR) is 105 cm³/mol. The number of thioether (sulfide) groups is 1. The van der Waals surface area contributed by atoms with E-state index < -0.39 is 6.04 Å². The molecule has 0 spiro atoms. The molecule has 1 aliphatic rings. The summed E-state index contributed by atoms with van der Waals surface area (Å²) in [7, 11) is 0. The van der Waals surface area contributed by atoms with Crippen LogP contribution >= 0.6 is 11.8 Å². The van der Waals surface area contributed by atoms with Gasteiger partial charge in [0, 0.05) is 6.54 Å². The van der Waals surface area contributed by atoms with Gasteiger partial charge in [0.15, 0.2) is 0 Å². The van der Waals surface area contributed by atoms with Gasteiger partial charge in [-0.25, -0.2) is 4.39 Å². The lowest BCUT2D eigenvalue weighted by Crippen LogP contribution is -2.43. The highest BCUT2D eigenvalue weighted by Gasteiger charge is 2.41. The Morgan fingerprint density at radius 2 is 1.85 bits per heavy atom. The summed E-state index contributed by atoms with van der Waals surface area (Å²) >= 11 is 1.46. The summed E-state index contributed by atoms with van der Waals surface area (Å²) in [5, 5.41) is 2.63. The zero-order valence-corrected chi connectivity index (χ0v) is 16.2. The van der Waals surface area contributed by atoms with Crippen LogP contribution in [0.1, 0.15) is 36.4 Å². The first-order valence-corrected chi connectivity index (χ1v) is 10.0. The van der Waals surface area contributed by atoms with Crippen molar-refractivity contribution in [3.8, 4) is 0 Å². The molecule has 1 heterocycles. The zero-order valence-electron chi connectivity index (χ0n) is 15.4. The molecule has 6 heteroatoms. The third-order valence-electron chi connectivity index (χ3n) is 4.39. The molecule has 4 nitrogen and oxygen atoms in total. The number of halogens is 1. The van der Waals surface area contributed by atoms with Gasteiger partial charge in [0.05, 0.1) is 5.75 Å². The number of hydrogen-bond donors (Lipinski definition) is 1. The summed E-state index contributed by atoms with van der Waals surface area (Å²) in [6.45, 7) is 4.59. The Kier molecular flexibility index (Phi) is 6.16. The van der Waals surface area contributed by atoms with Crippen LogP contribution in [-0.4, -0.2) is 29.0 Å². The second-order valence-electron chi connectivity index (χ2n) is 6.97. The van der Waals surface area contributed by atoms with E-state index >= 15 is 0 Å². The number of nitrogens with one attached hydrogen (secondary N) is 1. The molecular formula is C21H23FN2O2S. The molecule has 2 atom stereocenters. The highest BCUT2D eigenvalue weighted by Crippen LogP contribution is 2.43. The molecule has 0 aliphatic carbocycles. The van der Waals surface area contributed by atoms with Crippen LogP contribution in [0.4, 0.5) is 4.39 Å². The van der Waals surface area contributed by atoms with Crippen LogP contribution in [-0.2, 0) is 9.59 Å². The third-order valence-corrected chi connectivity index (χ3v) is 5.62. The van der Waals surface area contributed by atoms with E-state index in [1.165, 1.54) is 23.9 Å². The molecule has 3 rings (SSSR count). The molecule has 142 valence electrons. The Balaban J connectivity index is 1.96. The summed E-state index contributed by atoms with van der Waals surface area (Å²) in [5.41, 5.74) is 1.58.